The van der Waals surface area contributed by atoms with Gasteiger partial charge in [0.2, 0.25) is 0 Å². The van der Waals surface area contributed by atoms with Crippen molar-refractivity contribution in [3.63, 3.8) is 0 Å². The Morgan fingerprint density at radius 2 is 1.58 bits per heavy atom. The van der Waals surface area contributed by atoms with Gasteiger partial charge in [-0.25, -0.2) is 0 Å². The molecule has 0 spiro atoms. The number of hydrogen-bond donors (Lipinski definition) is 2. The molecular formula is C8H17NO3. The molecule has 1 aliphatic heterocycles. The molecule has 0 bridgehead atoms. The standard InChI is InChI=1S/C8H17NO3/c1-8(2,3)9-4-6(10)12-7(11)5-9/h6-7,10-11H,4-5H2,1-3H3. The summed E-state index contributed by atoms with van der Waals surface area (Å²) in [6, 6.07) is 0. The third-order valence-corrected chi connectivity index (χ3v) is 2.02. The second-order valence-corrected chi connectivity index (χ2v) is 4.12. The van der Waals surface area contributed by atoms with E-state index in [0.29, 0.717) is 13.1 Å². The topological polar surface area (TPSA) is 52.9 Å². The highest BCUT2D eigenvalue weighted by atomic mass is 16.7. The summed E-state index contributed by atoms with van der Waals surface area (Å²) in [5.74, 6) is 0. The van der Waals surface area contributed by atoms with E-state index in [2.05, 4.69) is 0 Å². The second kappa shape index (κ2) is 3.30. The van der Waals surface area contributed by atoms with Crippen LogP contribution in [0.4, 0.5) is 0 Å². The summed E-state index contributed by atoms with van der Waals surface area (Å²) in [7, 11) is 0. The van der Waals surface area contributed by atoms with Crippen LogP contribution in [0.5, 0.6) is 0 Å². The van der Waals surface area contributed by atoms with Crippen LogP contribution in [-0.2, 0) is 4.74 Å². The molecule has 1 rings (SSSR count). The van der Waals surface area contributed by atoms with Gasteiger partial charge >= 0.3 is 0 Å². The maximum absolute atomic E-state index is 9.19. The summed E-state index contributed by atoms with van der Waals surface area (Å²) in [5, 5.41) is 18.4. The fourth-order valence-electron chi connectivity index (χ4n) is 1.27. The summed E-state index contributed by atoms with van der Waals surface area (Å²) >= 11 is 0. The number of nitrogens with zero attached hydrogens (tertiary/aromatic N) is 1. The molecule has 1 saturated heterocycles. The van der Waals surface area contributed by atoms with Gasteiger partial charge in [0.15, 0.2) is 12.6 Å². The molecule has 0 amide bonds. The largest absolute Gasteiger partial charge is 0.367 e. The number of rotatable bonds is 0. The number of aliphatic hydroxyl groups is 2. The molecule has 2 atom stereocenters. The van der Waals surface area contributed by atoms with Crippen molar-refractivity contribution in [2.24, 2.45) is 0 Å². The lowest BCUT2D eigenvalue weighted by Gasteiger charge is -2.41. The van der Waals surface area contributed by atoms with E-state index in [4.69, 9.17) is 4.74 Å². The average molecular weight is 175 g/mol. The molecule has 0 aromatic carbocycles. The van der Waals surface area contributed by atoms with Gasteiger partial charge in [0.1, 0.15) is 0 Å². The first-order valence-corrected chi connectivity index (χ1v) is 4.16. The van der Waals surface area contributed by atoms with Crippen LogP contribution in [0.1, 0.15) is 20.8 Å². The minimum absolute atomic E-state index is 0.0360. The molecule has 2 N–H and O–H groups in total. The number of morpholine rings is 1. The van der Waals surface area contributed by atoms with Crippen LogP contribution in [0.3, 0.4) is 0 Å². The van der Waals surface area contributed by atoms with Crippen molar-refractivity contribution in [3.05, 3.63) is 0 Å². The zero-order valence-corrected chi connectivity index (χ0v) is 7.82. The van der Waals surface area contributed by atoms with E-state index in [1.165, 1.54) is 0 Å². The van der Waals surface area contributed by atoms with Crippen LogP contribution in [0, 0.1) is 0 Å². The minimum Gasteiger partial charge on any atom is -0.367 e. The molecule has 4 nitrogen and oxygen atoms in total. The summed E-state index contributed by atoms with van der Waals surface area (Å²) in [4.78, 5) is 1.99. The van der Waals surface area contributed by atoms with Crippen molar-refractivity contribution in [1.29, 1.82) is 0 Å². The van der Waals surface area contributed by atoms with Crippen molar-refractivity contribution in [3.8, 4) is 0 Å². The fraction of sp³-hybridized carbons (Fsp3) is 1.00. The molecule has 0 aliphatic carbocycles. The van der Waals surface area contributed by atoms with Crippen LogP contribution in [0.25, 0.3) is 0 Å². The molecule has 0 saturated carbocycles. The van der Waals surface area contributed by atoms with Gasteiger partial charge in [-0.15, -0.1) is 0 Å². The van der Waals surface area contributed by atoms with Gasteiger partial charge in [-0.3, -0.25) is 4.90 Å². The smallest absolute Gasteiger partial charge is 0.170 e. The van der Waals surface area contributed by atoms with Crippen LogP contribution in [-0.4, -0.2) is 46.3 Å². The first-order valence-electron chi connectivity index (χ1n) is 4.16. The third-order valence-electron chi connectivity index (χ3n) is 2.02. The first-order chi connectivity index (χ1) is 5.39. The Balaban J connectivity index is 2.55. The highest BCUT2D eigenvalue weighted by Gasteiger charge is 2.31. The number of hydrogen-bond acceptors (Lipinski definition) is 4. The van der Waals surface area contributed by atoms with Crippen LogP contribution in [0.2, 0.25) is 0 Å². The Labute approximate surface area is 72.7 Å². The van der Waals surface area contributed by atoms with E-state index >= 15 is 0 Å². The van der Waals surface area contributed by atoms with Crippen molar-refractivity contribution >= 4 is 0 Å². The maximum atomic E-state index is 9.19. The highest BCUT2D eigenvalue weighted by Crippen LogP contribution is 2.18. The molecule has 0 aromatic heterocycles. The number of aliphatic hydroxyl groups excluding tert-OH is 2. The lowest BCUT2D eigenvalue weighted by atomic mass is 10.1. The molecule has 1 heterocycles. The van der Waals surface area contributed by atoms with Crippen molar-refractivity contribution in [2.75, 3.05) is 13.1 Å². The predicted octanol–water partition coefficient (Wildman–Crippen LogP) is -0.246. The van der Waals surface area contributed by atoms with Gasteiger partial charge in [-0.05, 0) is 20.8 Å². The Morgan fingerprint density at radius 1 is 1.17 bits per heavy atom. The van der Waals surface area contributed by atoms with Crippen LogP contribution < -0.4 is 0 Å². The Morgan fingerprint density at radius 3 is 1.92 bits per heavy atom. The van der Waals surface area contributed by atoms with E-state index < -0.39 is 12.6 Å². The average Bonchev–Trinajstić information content (AvgIpc) is 1.82. The van der Waals surface area contributed by atoms with Gasteiger partial charge in [-0.1, -0.05) is 0 Å². The Kier molecular flexibility index (Phi) is 2.73. The molecule has 4 heteroatoms. The molecule has 1 fully saturated rings. The third kappa shape index (κ3) is 2.42. The predicted molar refractivity (Wildman–Crippen MR) is 44.4 cm³/mol. The van der Waals surface area contributed by atoms with Gasteiger partial charge in [-0.2, -0.15) is 0 Å². The monoisotopic (exact) mass is 175 g/mol. The van der Waals surface area contributed by atoms with Gasteiger partial charge < -0.3 is 14.9 Å². The van der Waals surface area contributed by atoms with E-state index in [1.54, 1.807) is 0 Å². The summed E-state index contributed by atoms with van der Waals surface area (Å²) in [6.45, 7) is 7.04. The lowest BCUT2D eigenvalue weighted by Crippen LogP contribution is -2.54. The molecule has 72 valence electrons. The van der Waals surface area contributed by atoms with Crippen LogP contribution in [0.15, 0.2) is 0 Å². The molecule has 0 radical (unpaired) electrons. The SMILES string of the molecule is CC(C)(C)N1CC(O)OC(O)C1. The summed E-state index contributed by atoms with van der Waals surface area (Å²) in [6.07, 6.45) is -1.74. The van der Waals surface area contributed by atoms with E-state index in [1.807, 2.05) is 25.7 Å². The zero-order chi connectivity index (χ0) is 9.35. The Bertz CT molecular complexity index is 145. The number of ether oxygens (including phenoxy) is 1. The maximum Gasteiger partial charge on any atom is 0.170 e. The summed E-state index contributed by atoms with van der Waals surface area (Å²) < 4.78 is 4.78. The van der Waals surface area contributed by atoms with E-state index in [0.717, 1.165) is 0 Å². The molecule has 1 aliphatic rings. The van der Waals surface area contributed by atoms with Crippen molar-refractivity contribution in [2.45, 2.75) is 38.9 Å². The molecular weight excluding hydrogens is 158 g/mol. The van der Waals surface area contributed by atoms with E-state index in [9.17, 15) is 10.2 Å². The highest BCUT2D eigenvalue weighted by molar-refractivity contribution is 4.79. The number of β-amino-alcohol motifs (C(OH)–C–C–N with tert-alkyl or cyclic N) is 2. The molecule has 2 unspecified atom stereocenters. The zero-order valence-electron chi connectivity index (χ0n) is 7.82. The van der Waals surface area contributed by atoms with Crippen molar-refractivity contribution in [1.82, 2.24) is 4.90 Å². The normalized spacial score (nSPS) is 33.8. The fourth-order valence-corrected chi connectivity index (χ4v) is 1.27. The van der Waals surface area contributed by atoms with Gasteiger partial charge in [0.05, 0.1) is 13.1 Å². The first kappa shape index (κ1) is 9.92. The van der Waals surface area contributed by atoms with Crippen LogP contribution >= 0.6 is 0 Å². The van der Waals surface area contributed by atoms with Gasteiger partial charge in [0, 0.05) is 5.54 Å². The minimum atomic E-state index is -0.868. The lowest BCUT2D eigenvalue weighted by molar-refractivity contribution is -0.257. The quantitative estimate of drug-likeness (QED) is 0.533. The second-order valence-electron chi connectivity index (χ2n) is 4.12. The van der Waals surface area contributed by atoms with Gasteiger partial charge in [0.25, 0.3) is 0 Å². The molecule has 12 heavy (non-hydrogen) atoms. The summed E-state index contributed by atoms with van der Waals surface area (Å²) in [5.41, 5.74) is -0.0360. The van der Waals surface area contributed by atoms with Crippen molar-refractivity contribution < 1.29 is 14.9 Å². The molecule has 0 aromatic rings. The van der Waals surface area contributed by atoms with E-state index in [-0.39, 0.29) is 5.54 Å². The Hall–Kier alpha value is -0.160.